The molecule has 3 aromatic heterocycles. The molecule has 0 atom stereocenters. The summed E-state index contributed by atoms with van der Waals surface area (Å²) in [6, 6.07) is 22.3. The highest BCUT2D eigenvalue weighted by atomic mass is 16.5. The lowest BCUT2D eigenvalue weighted by Gasteiger charge is -2.05. The number of aryl methyl sites for hydroxylation is 1. The number of hydrogen-bond acceptors (Lipinski definition) is 8. The summed E-state index contributed by atoms with van der Waals surface area (Å²) in [4.78, 5) is 37.6. The fourth-order valence-corrected chi connectivity index (χ4v) is 3.37. The summed E-state index contributed by atoms with van der Waals surface area (Å²) in [5.74, 6) is 0.0526. The van der Waals surface area contributed by atoms with Crippen molar-refractivity contribution >= 4 is 11.8 Å². The number of hydrogen-bond donors (Lipinski definition) is 2. The summed E-state index contributed by atoms with van der Waals surface area (Å²) >= 11 is 0. The highest BCUT2D eigenvalue weighted by Crippen LogP contribution is 2.21. The molecule has 0 fully saturated rings. The van der Waals surface area contributed by atoms with Crippen molar-refractivity contribution in [3.05, 3.63) is 96.9 Å². The Morgan fingerprint density at radius 3 is 2.31 bits per heavy atom. The second-order valence-corrected chi connectivity index (χ2v) is 7.62. The summed E-state index contributed by atoms with van der Waals surface area (Å²) in [6.07, 6.45) is 3.49. The Morgan fingerprint density at radius 1 is 0.833 bits per heavy atom. The number of rotatable bonds is 7. The monoisotopic (exact) mass is 480 g/mol. The molecule has 178 valence electrons. The third-order valence-corrected chi connectivity index (χ3v) is 5.13. The number of aromatic nitrogens is 6. The van der Waals surface area contributed by atoms with E-state index in [-0.39, 0.29) is 18.7 Å². The van der Waals surface area contributed by atoms with E-state index >= 15 is 0 Å². The van der Waals surface area contributed by atoms with E-state index in [0.29, 0.717) is 17.5 Å². The van der Waals surface area contributed by atoms with Crippen LogP contribution in [0.3, 0.4) is 0 Å². The predicted octanol–water partition coefficient (Wildman–Crippen LogP) is 2.77. The van der Waals surface area contributed by atoms with E-state index in [1.807, 2.05) is 60.7 Å². The van der Waals surface area contributed by atoms with Gasteiger partial charge in [-0.2, -0.15) is 4.98 Å². The summed E-state index contributed by atoms with van der Waals surface area (Å²) in [7, 11) is 0. The number of hydrazine groups is 1. The molecule has 2 aromatic carbocycles. The Hall–Kier alpha value is -5.19. The van der Waals surface area contributed by atoms with Gasteiger partial charge in [0.2, 0.25) is 23.4 Å². The smallest absolute Gasteiger partial charge is 0.309 e. The molecule has 0 unspecified atom stereocenters. The largest absolute Gasteiger partial charge is 0.339 e. The van der Waals surface area contributed by atoms with Gasteiger partial charge in [-0.25, -0.2) is 9.67 Å². The van der Waals surface area contributed by atoms with Crippen molar-refractivity contribution in [2.75, 3.05) is 0 Å². The second-order valence-electron chi connectivity index (χ2n) is 7.62. The van der Waals surface area contributed by atoms with Gasteiger partial charge in [0.1, 0.15) is 0 Å². The molecule has 0 radical (unpaired) electrons. The first-order valence-electron chi connectivity index (χ1n) is 11.1. The minimum atomic E-state index is -0.645. The Bertz CT molecular complexity index is 1410. The number of pyridine rings is 1. The maximum atomic E-state index is 12.7. The SMILES string of the molecule is O=C(CCc1nc(-c2ccncc2)no1)NNC(=O)c1nc(-c2ccccc2)n(-c2ccccc2)n1. The molecule has 2 amide bonds. The Kier molecular flexibility index (Phi) is 6.52. The van der Waals surface area contributed by atoms with Gasteiger partial charge in [0.15, 0.2) is 5.82 Å². The van der Waals surface area contributed by atoms with Crippen LogP contribution in [-0.4, -0.2) is 41.7 Å². The molecule has 11 heteroatoms. The van der Waals surface area contributed by atoms with Gasteiger partial charge in [0.25, 0.3) is 0 Å². The highest BCUT2D eigenvalue weighted by Gasteiger charge is 2.19. The molecule has 0 aliphatic heterocycles. The van der Waals surface area contributed by atoms with Gasteiger partial charge in [-0.1, -0.05) is 53.7 Å². The first kappa shape index (κ1) is 22.6. The Morgan fingerprint density at radius 2 is 1.56 bits per heavy atom. The van der Waals surface area contributed by atoms with Crippen LogP contribution in [0.25, 0.3) is 28.5 Å². The van der Waals surface area contributed by atoms with Crippen LogP contribution >= 0.6 is 0 Å². The molecule has 2 N–H and O–H groups in total. The summed E-state index contributed by atoms with van der Waals surface area (Å²) < 4.78 is 6.78. The van der Waals surface area contributed by atoms with Crippen molar-refractivity contribution in [2.45, 2.75) is 12.8 Å². The quantitative estimate of drug-likeness (QED) is 0.339. The number of para-hydroxylation sites is 1. The van der Waals surface area contributed by atoms with Crippen molar-refractivity contribution < 1.29 is 14.1 Å². The van der Waals surface area contributed by atoms with E-state index in [4.69, 9.17) is 4.52 Å². The summed E-state index contributed by atoms with van der Waals surface area (Å²) in [5.41, 5.74) is 7.03. The lowest BCUT2D eigenvalue weighted by atomic mass is 10.2. The minimum absolute atomic E-state index is 0.0272. The summed E-state index contributed by atoms with van der Waals surface area (Å²) in [5, 5.41) is 8.27. The van der Waals surface area contributed by atoms with Crippen molar-refractivity contribution in [3.63, 3.8) is 0 Å². The molecule has 0 bridgehead atoms. The average molecular weight is 480 g/mol. The van der Waals surface area contributed by atoms with Gasteiger partial charge < -0.3 is 4.52 Å². The van der Waals surface area contributed by atoms with Crippen LogP contribution < -0.4 is 10.9 Å². The zero-order valence-corrected chi connectivity index (χ0v) is 18.9. The standard InChI is InChI=1S/C25H20N8O3/c34-20(11-12-21-27-22(32-36-21)17-13-15-26-16-14-17)29-30-25(35)23-28-24(18-7-3-1-4-8-18)33(31-23)19-9-5-2-6-10-19/h1-10,13-16H,11-12H2,(H,29,34)(H,30,35). The zero-order chi connectivity index (χ0) is 24.7. The predicted molar refractivity (Wildman–Crippen MR) is 128 cm³/mol. The van der Waals surface area contributed by atoms with Gasteiger partial charge >= 0.3 is 5.91 Å². The van der Waals surface area contributed by atoms with Crippen molar-refractivity contribution in [3.8, 4) is 28.5 Å². The molecule has 5 aromatic rings. The van der Waals surface area contributed by atoms with E-state index in [1.165, 1.54) is 0 Å². The fourth-order valence-electron chi connectivity index (χ4n) is 3.37. The van der Waals surface area contributed by atoms with Gasteiger partial charge in [0.05, 0.1) is 5.69 Å². The van der Waals surface area contributed by atoms with Gasteiger partial charge in [-0.05, 0) is 24.3 Å². The molecular formula is C25H20N8O3. The van der Waals surface area contributed by atoms with Gasteiger partial charge in [-0.15, -0.1) is 5.10 Å². The molecule has 0 aliphatic carbocycles. The molecule has 36 heavy (non-hydrogen) atoms. The Balaban J connectivity index is 1.22. The summed E-state index contributed by atoms with van der Waals surface area (Å²) in [6.45, 7) is 0. The number of nitrogens with zero attached hydrogens (tertiary/aromatic N) is 6. The normalized spacial score (nSPS) is 10.7. The van der Waals surface area contributed by atoms with Gasteiger partial charge in [0, 0.05) is 36.4 Å². The van der Waals surface area contributed by atoms with E-state index in [2.05, 4.69) is 36.1 Å². The first-order chi connectivity index (χ1) is 17.7. The first-order valence-corrected chi connectivity index (χ1v) is 11.1. The van der Waals surface area contributed by atoms with E-state index < -0.39 is 11.8 Å². The van der Waals surface area contributed by atoms with E-state index in [1.54, 1.807) is 29.2 Å². The van der Waals surface area contributed by atoms with E-state index in [0.717, 1.165) is 16.8 Å². The molecule has 0 spiro atoms. The van der Waals surface area contributed by atoms with Crippen LogP contribution in [0.5, 0.6) is 0 Å². The topological polar surface area (TPSA) is 141 Å². The molecule has 11 nitrogen and oxygen atoms in total. The number of benzene rings is 2. The maximum absolute atomic E-state index is 12.7. The number of carbonyl (C=O) groups is 2. The number of nitrogens with one attached hydrogen (secondary N) is 2. The molecule has 0 saturated carbocycles. The number of amides is 2. The van der Waals surface area contributed by atoms with Crippen molar-refractivity contribution in [1.82, 2.24) is 40.7 Å². The van der Waals surface area contributed by atoms with E-state index in [9.17, 15) is 9.59 Å². The van der Waals surface area contributed by atoms with Gasteiger partial charge in [-0.3, -0.25) is 25.4 Å². The average Bonchev–Trinajstić information content (AvgIpc) is 3.60. The third-order valence-electron chi connectivity index (χ3n) is 5.13. The molecular weight excluding hydrogens is 460 g/mol. The van der Waals surface area contributed by atoms with Crippen LogP contribution in [0.15, 0.2) is 89.7 Å². The van der Waals surface area contributed by atoms with Crippen molar-refractivity contribution in [1.29, 1.82) is 0 Å². The zero-order valence-electron chi connectivity index (χ0n) is 18.9. The lowest BCUT2D eigenvalue weighted by Crippen LogP contribution is -2.42. The number of carbonyl (C=O) groups excluding carboxylic acids is 2. The van der Waals surface area contributed by atoms with Crippen molar-refractivity contribution in [2.24, 2.45) is 0 Å². The molecule has 3 heterocycles. The third kappa shape index (κ3) is 5.14. The Labute approximate surface area is 205 Å². The molecule has 0 aliphatic rings. The van der Waals surface area contributed by atoms with Crippen LogP contribution in [0.1, 0.15) is 22.9 Å². The fraction of sp³-hybridized carbons (Fsp3) is 0.0800. The van der Waals surface area contributed by atoms with Crippen LogP contribution in [-0.2, 0) is 11.2 Å². The second kappa shape index (κ2) is 10.4. The maximum Gasteiger partial charge on any atom is 0.309 e. The minimum Gasteiger partial charge on any atom is -0.339 e. The lowest BCUT2D eigenvalue weighted by molar-refractivity contribution is -0.121. The highest BCUT2D eigenvalue weighted by molar-refractivity contribution is 5.92. The molecule has 5 rings (SSSR count). The van der Waals surface area contributed by atoms with Crippen LogP contribution in [0.4, 0.5) is 0 Å². The van der Waals surface area contributed by atoms with Crippen LogP contribution in [0.2, 0.25) is 0 Å². The van der Waals surface area contributed by atoms with Crippen LogP contribution in [0, 0.1) is 0 Å². The molecule has 0 saturated heterocycles.